The first kappa shape index (κ1) is 25.0. The molecule has 5 N–H and O–H groups in total. The number of carbonyl (C=O) groups is 1. The van der Waals surface area contributed by atoms with Gasteiger partial charge < -0.3 is 5.73 Å². The molecule has 1 aliphatic rings. The van der Waals surface area contributed by atoms with Crippen molar-refractivity contribution in [2.24, 2.45) is 10.8 Å². The van der Waals surface area contributed by atoms with Gasteiger partial charge in [0.1, 0.15) is 0 Å². The molecular weight excluding hydrogens is 526 g/mol. The van der Waals surface area contributed by atoms with E-state index >= 15 is 0 Å². The van der Waals surface area contributed by atoms with Crippen molar-refractivity contribution in [3.05, 3.63) is 108 Å². The Morgan fingerprint density at radius 3 is 1.42 bits per heavy atom. The van der Waals surface area contributed by atoms with Crippen LogP contribution in [-0.2, 0) is 20.0 Å². The van der Waals surface area contributed by atoms with E-state index in [0.29, 0.717) is 33.6 Å². The number of fused-ring (bicyclic) bond motifs is 3. The molecule has 192 valence electrons. The number of sulfonamides is 2. The molecule has 0 radical (unpaired) electrons. The van der Waals surface area contributed by atoms with Crippen molar-refractivity contribution in [2.75, 3.05) is 9.44 Å². The molecule has 38 heavy (non-hydrogen) atoms. The second-order valence-electron chi connectivity index (χ2n) is 8.29. The number of urea groups is 1. The van der Waals surface area contributed by atoms with Crippen molar-refractivity contribution >= 4 is 43.2 Å². The Morgan fingerprint density at radius 2 is 1.03 bits per heavy atom. The molecule has 1 aliphatic carbocycles. The third-order valence-corrected chi connectivity index (χ3v) is 8.49. The number of anilines is 2. The van der Waals surface area contributed by atoms with Gasteiger partial charge in [0.15, 0.2) is 0 Å². The number of para-hydroxylation sites is 2. The maximum atomic E-state index is 13.1. The van der Waals surface area contributed by atoms with E-state index < -0.39 is 26.1 Å². The van der Waals surface area contributed by atoms with Gasteiger partial charge in [0.2, 0.25) is 0 Å². The molecule has 0 fully saturated rings. The van der Waals surface area contributed by atoms with Crippen molar-refractivity contribution in [1.29, 1.82) is 0 Å². The van der Waals surface area contributed by atoms with Gasteiger partial charge >= 0.3 is 6.03 Å². The molecule has 0 heterocycles. The predicted octanol–water partition coefficient (Wildman–Crippen LogP) is 3.69. The molecule has 0 saturated carbocycles. The summed E-state index contributed by atoms with van der Waals surface area (Å²) < 4.78 is 57.4. The molecule has 5 rings (SSSR count). The van der Waals surface area contributed by atoms with E-state index in [1.54, 1.807) is 72.8 Å². The van der Waals surface area contributed by atoms with E-state index in [1.165, 1.54) is 24.3 Å². The predicted molar refractivity (Wildman–Crippen MR) is 145 cm³/mol. The van der Waals surface area contributed by atoms with Crippen LogP contribution >= 0.6 is 0 Å². The molecule has 0 aliphatic heterocycles. The molecule has 4 aromatic rings. The Bertz CT molecular complexity index is 1670. The summed E-state index contributed by atoms with van der Waals surface area (Å²) in [6.45, 7) is 0. The number of nitrogens with zero attached hydrogens (tertiary/aromatic N) is 1. The maximum absolute atomic E-state index is 13.1. The highest BCUT2D eigenvalue weighted by Gasteiger charge is 2.29. The molecule has 12 heteroatoms. The van der Waals surface area contributed by atoms with Crippen LogP contribution in [0, 0.1) is 0 Å². The molecule has 0 unspecified atom stereocenters. The van der Waals surface area contributed by atoms with Gasteiger partial charge in [-0.15, -0.1) is 0 Å². The fourth-order valence-electron chi connectivity index (χ4n) is 4.06. The number of carbonyl (C=O) groups excluding carboxylic acids is 1. The second-order valence-corrected chi connectivity index (χ2v) is 11.7. The summed E-state index contributed by atoms with van der Waals surface area (Å²) in [6, 6.07) is 24.8. The Labute approximate surface area is 219 Å². The van der Waals surface area contributed by atoms with E-state index in [9.17, 15) is 21.6 Å². The number of hydrogen-bond donors (Lipinski definition) is 4. The molecular formula is C26H21N5O5S2. The van der Waals surface area contributed by atoms with Crippen molar-refractivity contribution in [1.82, 2.24) is 5.43 Å². The largest absolute Gasteiger partial charge is 0.350 e. The minimum atomic E-state index is -3.97. The third-order valence-electron chi connectivity index (χ3n) is 5.73. The normalized spacial score (nSPS) is 12.3. The van der Waals surface area contributed by atoms with Gasteiger partial charge in [-0.3, -0.25) is 9.44 Å². The molecule has 2 amide bonds. The average molecular weight is 548 g/mol. The van der Waals surface area contributed by atoms with E-state index in [1.807, 2.05) is 0 Å². The van der Waals surface area contributed by atoms with Crippen molar-refractivity contribution in [3.63, 3.8) is 0 Å². The lowest BCUT2D eigenvalue weighted by molar-refractivity contribution is 0.249. The fraction of sp³-hybridized carbons (Fsp3) is 0. The lowest BCUT2D eigenvalue weighted by atomic mass is 10.1. The first-order valence-corrected chi connectivity index (χ1v) is 14.2. The highest BCUT2D eigenvalue weighted by atomic mass is 32.2. The summed E-state index contributed by atoms with van der Waals surface area (Å²) in [5.74, 6) is 0. The Morgan fingerprint density at radius 1 is 0.605 bits per heavy atom. The summed E-state index contributed by atoms with van der Waals surface area (Å²) in [5, 5.41) is 4.08. The van der Waals surface area contributed by atoms with Gasteiger partial charge in [-0.05, 0) is 59.7 Å². The van der Waals surface area contributed by atoms with Crippen molar-refractivity contribution in [3.8, 4) is 11.1 Å². The quantitative estimate of drug-likeness (QED) is 0.228. The molecule has 10 nitrogen and oxygen atoms in total. The molecule has 0 atom stereocenters. The SMILES string of the molecule is NC(=O)NN=C1c2cc(S(=O)(=O)Nc3ccccc3)ccc2-c2ccc(S(=O)(=O)Nc3ccccc3)cc21. The van der Waals surface area contributed by atoms with E-state index in [2.05, 4.69) is 20.0 Å². The van der Waals surface area contributed by atoms with Gasteiger partial charge in [-0.1, -0.05) is 48.5 Å². The second kappa shape index (κ2) is 9.65. The van der Waals surface area contributed by atoms with Crippen LogP contribution in [0.1, 0.15) is 11.1 Å². The van der Waals surface area contributed by atoms with Crippen LogP contribution in [0.15, 0.2) is 112 Å². The first-order valence-electron chi connectivity index (χ1n) is 11.2. The number of rotatable bonds is 7. The van der Waals surface area contributed by atoms with Gasteiger partial charge in [-0.2, -0.15) is 5.10 Å². The number of amides is 2. The molecule has 0 bridgehead atoms. The topological polar surface area (TPSA) is 160 Å². The molecule has 4 aromatic carbocycles. The fourth-order valence-corrected chi connectivity index (χ4v) is 6.23. The summed E-state index contributed by atoms with van der Waals surface area (Å²) >= 11 is 0. The summed E-state index contributed by atoms with van der Waals surface area (Å²) in [4.78, 5) is 11.3. The summed E-state index contributed by atoms with van der Waals surface area (Å²) in [6.07, 6.45) is 0. The zero-order chi connectivity index (χ0) is 26.9. The third kappa shape index (κ3) is 4.94. The van der Waals surface area contributed by atoms with Crippen LogP contribution in [0.4, 0.5) is 16.2 Å². The number of benzene rings is 4. The zero-order valence-electron chi connectivity index (χ0n) is 19.6. The smallest absolute Gasteiger partial charge is 0.332 e. The monoisotopic (exact) mass is 547 g/mol. The minimum absolute atomic E-state index is 0.0433. The van der Waals surface area contributed by atoms with Crippen LogP contribution in [0.25, 0.3) is 11.1 Å². The van der Waals surface area contributed by atoms with Crippen LogP contribution < -0.4 is 20.6 Å². The lowest BCUT2D eigenvalue weighted by Crippen LogP contribution is -2.26. The number of nitrogens with two attached hydrogens (primary N) is 1. The van der Waals surface area contributed by atoms with Crippen LogP contribution in [0.2, 0.25) is 0 Å². The average Bonchev–Trinajstić information content (AvgIpc) is 3.20. The van der Waals surface area contributed by atoms with Crippen molar-refractivity contribution in [2.45, 2.75) is 9.79 Å². The van der Waals surface area contributed by atoms with Gasteiger partial charge in [0, 0.05) is 22.5 Å². The van der Waals surface area contributed by atoms with Gasteiger partial charge in [-0.25, -0.2) is 27.1 Å². The number of hydrazone groups is 1. The highest BCUT2D eigenvalue weighted by Crippen LogP contribution is 2.39. The van der Waals surface area contributed by atoms with Gasteiger partial charge in [0.05, 0.1) is 15.5 Å². The van der Waals surface area contributed by atoms with Gasteiger partial charge in [0.25, 0.3) is 20.0 Å². The zero-order valence-corrected chi connectivity index (χ0v) is 21.3. The number of primary amides is 1. The van der Waals surface area contributed by atoms with Crippen LogP contribution in [0.3, 0.4) is 0 Å². The molecule has 0 saturated heterocycles. The Hall–Kier alpha value is -4.68. The summed E-state index contributed by atoms with van der Waals surface area (Å²) in [7, 11) is -7.93. The Kier molecular flexibility index (Phi) is 6.35. The summed E-state index contributed by atoms with van der Waals surface area (Å²) in [5.41, 5.74) is 10.3. The van der Waals surface area contributed by atoms with Crippen LogP contribution in [0.5, 0.6) is 0 Å². The van der Waals surface area contributed by atoms with Crippen molar-refractivity contribution < 1.29 is 21.6 Å². The lowest BCUT2D eigenvalue weighted by Gasteiger charge is -2.10. The van der Waals surface area contributed by atoms with E-state index in [-0.39, 0.29) is 15.5 Å². The van der Waals surface area contributed by atoms with E-state index in [4.69, 9.17) is 5.73 Å². The minimum Gasteiger partial charge on any atom is -0.350 e. The molecule has 0 spiro atoms. The number of nitrogens with one attached hydrogen (secondary N) is 3. The highest BCUT2D eigenvalue weighted by molar-refractivity contribution is 7.93. The maximum Gasteiger partial charge on any atom is 0.332 e. The van der Waals surface area contributed by atoms with E-state index in [0.717, 1.165) is 0 Å². The van der Waals surface area contributed by atoms with Crippen LogP contribution in [-0.4, -0.2) is 28.6 Å². The Balaban J connectivity index is 1.57. The standard InChI is InChI=1S/C26H21N5O5S2/c27-26(32)29-28-25-23-15-19(37(33,34)30-17-7-3-1-4-8-17)11-13-21(23)22-14-12-20(16-24(22)25)38(35,36)31-18-9-5-2-6-10-18/h1-16,30-31H,(H3,27,29,32). The molecule has 0 aromatic heterocycles. The number of hydrogen-bond acceptors (Lipinski definition) is 6. The first-order chi connectivity index (χ1) is 18.1.